The number of amides is 1. The lowest BCUT2D eigenvalue weighted by molar-refractivity contribution is -0.253. The molecular weight excluding hydrogens is 538 g/mol. The molecule has 0 radical (unpaired) electrons. The van der Waals surface area contributed by atoms with Gasteiger partial charge < -0.3 is 24.8 Å². The zero-order valence-electron chi connectivity index (χ0n) is 25.3. The summed E-state index contributed by atoms with van der Waals surface area (Å²) in [5.74, 6) is -0.0367. The Hall–Kier alpha value is -3.07. The van der Waals surface area contributed by atoms with Crippen molar-refractivity contribution in [3.8, 4) is 11.1 Å². The van der Waals surface area contributed by atoms with Gasteiger partial charge in [0, 0.05) is 44.6 Å². The highest BCUT2D eigenvalue weighted by Crippen LogP contribution is 2.39. The average molecular weight is 584 g/mol. The Balaban J connectivity index is 1.22. The van der Waals surface area contributed by atoms with Gasteiger partial charge in [-0.05, 0) is 85.3 Å². The molecule has 3 fully saturated rings. The molecule has 43 heavy (non-hydrogen) atoms. The van der Waals surface area contributed by atoms with Gasteiger partial charge in [-0.1, -0.05) is 60.7 Å². The lowest BCUT2D eigenvalue weighted by Gasteiger charge is -2.39. The van der Waals surface area contributed by atoms with Crippen LogP contribution in [0.2, 0.25) is 0 Å². The molecule has 0 bridgehead atoms. The van der Waals surface area contributed by atoms with E-state index in [1.54, 1.807) is 0 Å². The van der Waals surface area contributed by atoms with Crippen LogP contribution in [0.3, 0.4) is 0 Å². The molecule has 7 heteroatoms. The van der Waals surface area contributed by atoms with Gasteiger partial charge in [-0.2, -0.15) is 0 Å². The smallest absolute Gasteiger partial charge is 0.217 e. The number of hydrogen-bond donors (Lipinski definition) is 2. The summed E-state index contributed by atoms with van der Waals surface area (Å²) in [6.45, 7) is 7.76. The van der Waals surface area contributed by atoms with Crippen molar-refractivity contribution >= 4 is 5.91 Å². The van der Waals surface area contributed by atoms with Gasteiger partial charge in [0.1, 0.15) is 0 Å². The van der Waals surface area contributed by atoms with Crippen molar-refractivity contribution in [2.45, 2.75) is 76.7 Å². The third-order valence-electron chi connectivity index (χ3n) is 9.18. The Labute approximate surface area is 255 Å². The Morgan fingerprint density at radius 2 is 1.63 bits per heavy atom. The molecule has 0 aliphatic carbocycles. The fraction of sp³-hybridized carbons (Fsp3) is 0.472. The monoisotopic (exact) mass is 583 g/mol. The largest absolute Gasteiger partial charge is 0.392 e. The molecule has 0 spiro atoms. The van der Waals surface area contributed by atoms with Gasteiger partial charge in [-0.25, -0.2) is 0 Å². The van der Waals surface area contributed by atoms with Gasteiger partial charge in [0.25, 0.3) is 0 Å². The molecule has 3 aromatic rings. The van der Waals surface area contributed by atoms with Crippen LogP contribution in [-0.2, 0) is 27.4 Å². The molecule has 0 unspecified atom stereocenters. The maximum Gasteiger partial charge on any atom is 0.217 e. The minimum Gasteiger partial charge on any atom is -0.392 e. The number of likely N-dealkylation sites (tertiary alicyclic amines) is 2. The number of hydrogen-bond acceptors (Lipinski definition) is 6. The van der Waals surface area contributed by atoms with Gasteiger partial charge in [0.05, 0.1) is 18.8 Å². The van der Waals surface area contributed by atoms with E-state index in [1.807, 2.05) is 24.3 Å². The van der Waals surface area contributed by atoms with Gasteiger partial charge in [0.15, 0.2) is 6.29 Å². The molecule has 3 aliphatic heterocycles. The number of rotatable bonds is 10. The van der Waals surface area contributed by atoms with Crippen LogP contribution < -0.4 is 5.32 Å². The molecule has 3 saturated heterocycles. The first-order chi connectivity index (χ1) is 21.0. The summed E-state index contributed by atoms with van der Waals surface area (Å²) >= 11 is 0. The van der Waals surface area contributed by atoms with Crippen molar-refractivity contribution in [1.29, 1.82) is 0 Å². The van der Waals surface area contributed by atoms with Gasteiger partial charge in [-0.3, -0.25) is 9.69 Å². The first-order valence-electron chi connectivity index (χ1n) is 15.9. The SMILES string of the molecule is CC(=O)NCc1cccc(-c2cccc([C@@H]3O[C@H](CN4CCC[C@H]4CN4CCCC4)C[C@H](c4ccc(CO)cc4)O3)c2)c1. The second-order valence-electron chi connectivity index (χ2n) is 12.4. The number of aliphatic hydroxyl groups excluding tert-OH is 1. The second-order valence-corrected chi connectivity index (χ2v) is 12.4. The highest BCUT2D eigenvalue weighted by molar-refractivity contribution is 5.73. The first kappa shape index (κ1) is 30.0. The van der Waals surface area contributed by atoms with Crippen LogP contribution in [0, 0.1) is 0 Å². The quantitative estimate of drug-likeness (QED) is 0.324. The molecule has 3 heterocycles. The fourth-order valence-electron chi connectivity index (χ4n) is 6.85. The van der Waals surface area contributed by atoms with Crippen LogP contribution in [0.5, 0.6) is 0 Å². The number of carbonyl (C=O) groups excluding carboxylic acids is 1. The number of ether oxygens (including phenoxy) is 2. The first-order valence-corrected chi connectivity index (χ1v) is 15.9. The molecule has 6 rings (SSSR count). The topological polar surface area (TPSA) is 74.3 Å². The number of nitrogens with zero attached hydrogens (tertiary/aromatic N) is 2. The molecule has 0 saturated carbocycles. The number of benzene rings is 3. The minimum absolute atomic E-state index is 0.0341. The van der Waals surface area contributed by atoms with Crippen LogP contribution >= 0.6 is 0 Å². The van der Waals surface area contributed by atoms with Crippen LogP contribution in [0.15, 0.2) is 72.8 Å². The predicted molar refractivity (Wildman–Crippen MR) is 168 cm³/mol. The third kappa shape index (κ3) is 7.72. The molecule has 2 N–H and O–H groups in total. The van der Waals surface area contributed by atoms with E-state index in [9.17, 15) is 9.90 Å². The van der Waals surface area contributed by atoms with Crippen molar-refractivity contribution in [3.05, 3.63) is 95.1 Å². The standard InChI is InChI=1S/C36H45N3O4/c1-26(41)37-22-28-7-4-8-30(19-28)31-9-5-10-32(20-31)36-42-34(21-35(43-36)29-14-12-27(25-40)13-15-29)24-39-18-6-11-33(39)23-38-16-2-3-17-38/h4-5,7-10,12-15,19-20,33-36,40H,2-3,6,11,16-18,21-25H2,1H3,(H,37,41)/t33-,34-,35+,36+/m0/s1. The van der Waals surface area contributed by atoms with Crippen molar-refractivity contribution in [2.75, 3.05) is 32.7 Å². The van der Waals surface area contributed by atoms with Gasteiger partial charge >= 0.3 is 0 Å². The zero-order chi connectivity index (χ0) is 29.6. The summed E-state index contributed by atoms with van der Waals surface area (Å²) in [5, 5.41) is 12.5. The van der Waals surface area contributed by atoms with Crippen LogP contribution in [0.4, 0.5) is 0 Å². The Morgan fingerprint density at radius 1 is 0.860 bits per heavy atom. The van der Waals surface area contributed by atoms with Crippen molar-refractivity contribution in [2.24, 2.45) is 0 Å². The molecular formula is C36H45N3O4. The summed E-state index contributed by atoms with van der Waals surface area (Å²) in [7, 11) is 0. The van der Waals surface area contributed by atoms with E-state index < -0.39 is 6.29 Å². The second kappa shape index (κ2) is 14.1. The van der Waals surface area contributed by atoms with E-state index in [2.05, 4.69) is 63.6 Å². The summed E-state index contributed by atoms with van der Waals surface area (Å²) in [6.07, 6.45) is 5.43. The Kier molecular flexibility index (Phi) is 9.86. The summed E-state index contributed by atoms with van der Waals surface area (Å²) in [6, 6.07) is 25.5. The maximum absolute atomic E-state index is 11.4. The van der Waals surface area contributed by atoms with E-state index in [4.69, 9.17) is 9.47 Å². The maximum atomic E-state index is 11.4. The summed E-state index contributed by atoms with van der Waals surface area (Å²) in [5.41, 5.74) is 6.26. The van der Waals surface area contributed by atoms with E-state index in [1.165, 1.54) is 52.2 Å². The zero-order valence-corrected chi connectivity index (χ0v) is 25.3. The summed E-state index contributed by atoms with van der Waals surface area (Å²) < 4.78 is 13.4. The molecule has 0 aromatic heterocycles. The van der Waals surface area contributed by atoms with Gasteiger partial charge in [-0.15, -0.1) is 0 Å². The van der Waals surface area contributed by atoms with Crippen LogP contribution in [0.1, 0.15) is 73.7 Å². The molecule has 3 aliphatic rings. The van der Waals surface area contributed by atoms with Crippen LogP contribution in [0.25, 0.3) is 11.1 Å². The predicted octanol–water partition coefficient (Wildman–Crippen LogP) is 5.59. The fourth-order valence-corrected chi connectivity index (χ4v) is 6.85. The van der Waals surface area contributed by atoms with Crippen molar-refractivity contribution < 1.29 is 19.4 Å². The van der Waals surface area contributed by atoms with Crippen LogP contribution in [-0.4, -0.2) is 65.7 Å². The average Bonchev–Trinajstić information content (AvgIpc) is 3.72. The van der Waals surface area contributed by atoms with E-state index in [0.717, 1.165) is 52.9 Å². The lowest BCUT2D eigenvalue weighted by atomic mass is 9.98. The van der Waals surface area contributed by atoms with Crippen molar-refractivity contribution in [3.63, 3.8) is 0 Å². The van der Waals surface area contributed by atoms with Crippen molar-refractivity contribution in [1.82, 2.24) is 15.1 Å². The van der Waals surface area contributed by atoms with E-state index in [-0.39, 0.29) is 24.7 Å². The number of aliphatic hydroxyl groups is 1. The lowest BCUT2D eigenvalue weighted by Crippen LogP contribution is -2.45. The molecule has 228 valence electrons. The molecule has 4 atom stereocenters. The minimum atomic E-state index is -0.483. The van der Waals surface area contributed by atoms with E-state index >= 15 is 0 Å². The number of nitrogens with one attached hydrogen (secondary N) is 1. The van der Waals surface area contributed by atoms with E-state index in [0.29, 0.717) is 12.6 Å². The summed E-state index contributed by atoms with van der Waals surface area (Å²) in [4.78, 5) is 16.7. The Morgan fingerprint density at radius 3 is 2.40 bits per heavy atom. The molecule has 3 aromatic carbocycles. The third-order valence-corrected chi connectivity index (χ3v) is 9.18. The Bertz CT molecular complexity index is 1360. The highest BCUT2D eigenvalue weighted by Gasteiger charge is 2.36. The number of carbonyl (C=O) groups is 1. The van der Waals surface area contributed by atoms with Gasteiger partial charge in [0.2, 0.25) is 5.91 Å². The normalized spacial score (nSPS) is 24.8. The highest BCUT2D eigenvalue weighted by atomic mass is 16.7. The molecule has 1 amide bonds. The molecule has 7 nitrogen and oxygen atoms in total.